The van der Waals surface area contributed by atoms with Crippen molar-refractivity contribution in [3.63, 3.8) is 0 Å². The number of hydrogen-bond acceptors (Lipinski definition) is 3. The number of likely N-dealkylation sites (tertiary alicyclic amines) is 1. The number of nitrogens with one attached hydrogen (secondary N) is 1. The zero-order valence-corrected chi connectivity index (χ0v) is 10.5. The van der Waals surface area contributed by atoms with Crippen LogP contribution < -0.4 is 11.1 Å². The van der Waals surface area contributed by atoms with Crippen LogP contribution in [-0.4, -0.2) is 41.9 Å². The molecular formula is C12H21N3O2. The highest BCUT2D eigenvalue weighted by Gasteiger charge is 2.43. The van der Waals surface area contributed by atoms with Gasteiger partial charge in [0.25, 0.3) is 0 Å². The summed E-state index contributed by atoms with van der Waals surface area (Å²) >= 11 is 0. The van der Waals surface area contributed by atoms with Crippen molar-refractivity contribution in [2.75, 3.05) is 13.1 Å². The quantitative estimate of drug-likeness (QED) is 0.695. The van der Waals surface area contributed by atoms with Gasteiger partial charge in [0.15, 0.2) is 0 Å². The van der Waals surface area contributed by atoms with Crippen molar-refractivity contribution in [1.29, 1.82) is 0 Å². The van der Waals surface area contributed by atoms with Crippen LogP contribution in [0.15, 0.2) is 0 Å². The lowest BCUT2D eigenvalue weighted by atomic mass is 9.90. The van der Waals surface area contributed by atoms with Crippen molar-refractivity contribution in [1.82, 2.24) is 10.2 Å². The van der Waals surface area contributed by atoms with Gasteiger partial charge in [-0.15, -0.1) is 0 Å². The molecule has 2 saturated heterocycles. The molecule has 0 aliphatic carbocycles. The van der Waals surface area contributed by atoms with Crippen LogP contribution in [0.25, 0.3) is 0 Å². The number of nitrogens with two attached hydrogens (primary N) is 1. The number of hydrogen-bond donors (Lipinski definition) is 2. The molecule has 3 atom stereocenters. The number of rotatable bonds is 2. The molecule has 0 aromatic heterocycles. The monoisotopic (exact) mass is 239 g/mol. The van der Waals surface area contributed by atoms with Crippen molar-refractivity contribution in [2.24, 2.45) is 17.6 Å². The largest absolute Gasteiger partial charge is 0.354 e. The molecule has 3 N–H and O–H groups in total. The lowest BCUT2D eigenvalue weighted by molar-refractivity contribution is -0.138. The highest BCUT2D eigenvalue weighted by molar-refractivity contribution is 5.86. The van der Waals surface area contributed by atoms with E-state index in [0.29, 0.717) is 6.54 Å². The van der Waals surface area contributed by atoms with Crippen LogP contribution in [0.5, 0.6) is 0 Å². The highest BCUT2D eigenvalue weighted by atomic mass is 16.2. The summed E-state index contributed by atoms with van der Waals surface area (Å²) < 4.78 is 0. The highest BCUT2D eigenvalue weighted by Crippen LogP contribution is 2.28. The molecule has 0 aromatic rings. The zero-order valence-electron chi connectivity index (χ0n) is 10.5. The summed E-state index contributed by atoms with van der Waals surface area (Å²) in [6, 6.07) is -0.432. The average Bonchev–Trinajstić information content (AvgIpc) is 2.69. The Kier molecular flexibility index (Phi) is 3.38. The number of fused-ring (bicyclic) bond motifs is 1. The molecule has 96 valence electrons. The van der Waals surface area contributed by atoms with Crippen molar-refractivity contribution in [2.45, 2.75) is 38.8 Å². The van der Waals surface area contributed by atoms with E-state index in [2.05, 4.69) is 5.32 Å². The number of nitrogens with zero attached hydrogens (tertiary/aromatic N) is 1. The maximum absolute atomic E-state index is 12.3. The van der Waals surface area contributed by atoms with Gasteiger partial charge in [-0.25, -0.2) is 0 Å². The van der Waals surface area contributed by atoms with Crippen LogP contribution in [0.1, 0.15) is 26.7 Å². The van der Waals surface area contributed by atoms with Gasteiger partial charge in [0.05, 0.1) is 18.0 Å². The second-order valence-corrected chi connectivity index (χ2v) is 5.36. The topological polar surface area (TPSA) is 75.4 Å². The fraction of sp³-hybridized carbons (Fsp3) is 0.833. The van der Waals surface area contributed by atoms with Gasteiger partial charge in [-0.1, -0.05) is 13.8 Å². The predicted octanol–water partition coefficient (Wildman–Crippen LogP) is -0.293. The van der Waals surface area contributed by atoms with E-state index in [4.69, 9.17) is 5.73 Å². The Morgan fingerprint density at radius 2 is 2.24 bits per heavy atom. The summed E-state index contributed by atoms with van der Waals surface area (Å²) in [6.45, 7) is 5.21. The molecule has 0 bridgehead atoms. The Labute approximate surface area is 102 Å². The first-order valence-corrected chi connectivity index (χ1v) is 6.36. The van der Waals surface area contributed by atoms with Gasteiger partial charge < -0.3 is 16.0 Å². The molecule has 2 fully saturated rings. The van der Waals surface area contributed by atoms with E-state index in [1.54, 1.807) is 0 Å². The first-order valence-electron chi connectivity index (χ1n) is 6.36. The first kappa shape index (κ1) is 12.4. The molecule has 2 rings (SSSR count). The molecule has 2 unspecified atom stereocenters. The minimum atomic E-state index is -0.454. The van der Waals surface area contributed by atoms with Crippen LogP contribution in [0.4, 0.5) is 0 Å². The maximum atomic E-state index is 12.3. The van der Waals surface area contributed by atoms with E-state index in [9.17, 15) is 9.59 Å². The summed E-state index contributed by atoms with van der Waals surface area (Å²) in [5.41, 5.74) is 5.91. The fourth-order valence-corrected chi connectivity index (χ4v) is 2.70. The van der Waals surface area contributed by atoms with Gasteiger partial charge in [0.1, 0.15) is 0 Å². The van der Waals surface area contributed by atoms with Crippen LogP contribution >= 0.6 is 0 Å². The number of carbonyl (C=O) groups is 2. The number of amides is 2. The van der Waals surface area contributed by atoms with Gasteiger partial charge in [-0.2, -0.15) is 0 Å². The van der Waals surface area contributed by atoms with Crippen molar-refractivity contribution < 1.29 is 9.59 Å². The Morgan fingerprint density at radius 1 is 1.53 bits per heavy atom. The van der Waals surface area contributed by atoms with Crippen LogP contribution in [-0.2, 0) is 9.59 Å². The van der Waals surface area contributed by atoms with E-state index in [1.807, 2.05) is 18.7 Å². The average molecular weight is 239 g/mol. The number of carbonyl (C=O) groups excluding carboxylic acids is 2. The summed E-state index contributed by atoms with van der Waals surface area (Å²) in [5.74, 6) is 0.192. The minimum absolute atomic E-state index is 0.00815. The SMILES string of the molecule is CC(C)[C@@H](N)C(=O)N1CCCC2C(=O)NCC21. The standard InChI is InChI=1S/C12H21N3O2/c1-7(2)10(13)12(17)15-5-3-4-8-9(15)6-14-11(8)16/h7-10H,3-6,13H2,1-2H3,(H,14,16)/t8?,9?,10-/m1/s1. The summed E-state index contributed by atoms with van der Waals surface area (Å²) in [6.07, 6.45) is 1.78. The van der Waals surface area contributed by atoms with Crippen LogP contribution in [0.2, 0.25) is 0 Å². The van der Waals surface area contributed by atoms with Gasteiger partial charge in [-0.05, 0) is 18.8 Å². The molecule has 2 aliphatic heterocycles. The molecule has 0 spiro atoms. The van der Waals surface area contributed by atoms with Crippen molar-refractivity contribution in [3.8, 4) is 0 Å². The Bertz CT molecular complexity index is 330. The molecule has 5 nitrogen and oxygen atoms in total. The molecule has 2 amide bonds. The molecule has 0 saturated carbocycles. The van der Waals surface area contributed by atoms with Crippen LogP contribution in [0.3, 0.4) is 0 Å². The Hall–Kier alpha value is -1.10. The molecule has 17 heavy (non-hydrogen) atoms. The van der Waals surface area contributed by atoms with E-state index < -0.39 is 6.04 Å². The van der Waals surface area contributed by atoms with Gasteiger partial charge >= 0.3 is 0 Å². The summed E-state index contributed by atoms with van der Waals surface area (Å²) in [5, 5.41) is 2.84. The minimum Gasteiger partial charge on any atom is -0.354 e. The molecule has 5 heteroatoms. The molecule has 2 aliphatic rings. The lowest BCUT2D eigenvalue weighted by Crippen LogP contribution is -2.55. The van der Waals surface area contributed by atoms with Gasteiger partial charge in [0.2, 0.25) is 11.8 Å². The van der Waals surface area contributed by atoms with E-state index in [1.165, 1.54) is 0 Å². The normalized spacial score (nSPS) is 30.1. The van der Waals surface area contributed by atoms with Crippen molar-refractivity contribution in [3.05, 3.63) is 0 Å². The fourth-order valence-electron chi connectivity index (χ4n) is 2.70. The second kappa shape index (κ2) is 4.64. The van der Waals surface area contributed by atoms with E-state index in [-0.39, 0.29) is 29.7 Å². The summed E-state index contributed by atoms with van der Waals surface area (Å²) in [7, 11) is 0. The lowest BCUT2D eigenvalue weighted by Gasteiger charge is -2.37. The van der Waals surface area contributed by atoms with E-state index in [0.717, 1.165) is 19.4 Å². The number of piperidine rings is 1. The third kappa shape index (κ3) is 2.16. The maximum Gasteiger partial charge on any atom is 0.240 e. The first-order chi connectivity index (χ1) is 8.02. The van der Waals surface area contributed by atoms with Crippen LogP contribution in [0, 0.1) is 11.8 Å². The second-order valence-electron chi connectivity index (χ2n) is 5.36. The molecule has 2 heterocycles. The molecular weight excluding hydrogens is 218 g/mol. The Morgan fingerprint density at radius 3 is 2.88 bits per heavy atom. The Balaban J connectivity index is 2.10. The van der Waals surface area contributed by atoms with Gasteiger partial charge in [0, 0.05) is 13.1 Å². The zero-order chi connectivity index (χ0) is 12.6. The molecule has 0 radical (unpaired) electrons. The third-order valence-corrected chi connectivity index (χ3v) is 3.89. The molecule has 0 aromatic carbocycles. The predicted molar refractivity (Wildman–Crippen MR) is 64.0 cm³/mol. The van der Waals surface area contributed by atoms with Gasteiger partial charge in [-0.3, -0.25) is 9.59 Å². The van der Waals surface area contributed by atoms with Crippen molar-refractivity contribution >= 4 is 11.8 Å². The third-order valence-electron chi connectivity index (χ3n) is 3.89. The summed E-state index contributed by atoms with van der Waals surface area (Å²) in [4.78, 5) is 25.7. The van der Waals surface area contributed by atoms with E-state index >= 15 is 0 Å². The smallest absolute Gasteiger partial charge is 0.240 e.